The van der Waals surface area contributed by atoms with Crippen LogP contribution in [0.15, 0.2) is 11.6 Å². The Morgan fingerprint density at radius 3 is 2.75 bits per heavy atom. The Morgan fingerprint density at radius 2 is 2.33 bits per heavy atom. The van der Waals surface area contributed by atoms with Crippen LogP contribution < -0.4 is 5.73 Å². The Labute approximate surface area is 73.2 Å². The molecule has 1 atom stereocenters. The molecular weight excluding hydrogens is 152 g/mol. The molecule has 2 N–H and O–H groups in total. The summed E-state index contributed by atoms with van der Waals surface area (Å²) in [6.07, 6.45) is 2.77. The van der Waals surface area contributed by atoms with E-state index in [2.05, 4.69) is 0 Å². The van der Waals surface area contributed by atoms with E-state index in [4.69, 9.17) is 5.73 Å². The molecule has 1 aliphatic heterocycles. The molecule has 1 fully saturated rings. The van der Waals surface area contributed by atoms with Crippen LogP contribution in [0.3, 0.4) is 0 Å². The molecule has 1 unspecified atom stereocenters. The normalized spacial score (nSPS) is 24.8. The van der Waals surface area contributed by atoms with Crippen molar-refractivity contribution in [2.24, 2.45) is 5.73 Å². The third-order valence-electron chi connectivity index (χ3n) is 2.28. The monoisotopic (exact) mass is 168 g/mol. The minimum absolute atomic E-state index is 0.130. The molecule has 1 heterocycles. The van der Waals surface area contributed by atoms with Crippen molar-refractivity contribution in [3.05, 3.63) is 11.6 Å². The van der Waals surface area contributed by atoms with Gasteiger partial charge in [-0.2, -0.15) is 0 Å². The van der Waals surface area contributed by atoms with Crippen molar-refractivity contribution >= 4 is 5.91 Å². The number of likely N-dealkylation sites (tertiary alicyclic amines) is 1. The van der Waals surface area contributed by atoms with Crippen LogP contribution in [-0.2, 0) is 4.79 Å². The van der Waals surface area contributed by atoms with Crippen LogP contribution in [-0.4, -0.2) is 29.9 Å². The van der Waals surface area contributed by atoms with Crippen LogP contribution in [0.5, 0.6) is 0 Å². The topological polar surface area (TPSA) is 46.3 Å². The molecule has 0 aromatic rings. The van der Waals surface area contributed by atoms with Crippen molar-refractivity contribution in [3.8, 4) is 0 Å². The molecular formula is C9H16N2O. The summed E-state index contributed by atoms with van der Waals surface area (Å²) in [6.45, 7) is 5.24. The van der Waals surface area contributed by atoms with Gasteiger partial charge in [-0.3, -0.25) is 4.79 Å². The van der Waals surface area contributed by atoms with Crippen LogP contribution in [0, 0.1) is 0 Å². The lowest BCUT2D eigenvalue weighted by Crippen LogP contribution is -2.32. The van der Waals surface area contributed by atoms with Gasteiger partial charge in [0.05, 0.1) is 0 Å². The lowest BCUT2D eigenvalue weighted by Gasteiger charge is -2.15. The number of hydrogen-bond acceptors (Lipinski definition) is 2. The Bertz CT molecular complexity index is 211. The minimum Gasteiger partial charge on any atom is -0.337 e. The zero-order valence-electron chi connectivity index (χ0n) is 7.71. The zero-order valence-corrected chi connectivity index (χ0v) is 7.71. The van der Waals surface area contributed by atoms with E-state index in [1.165, 1.54) is 0 Å². The first kappa shape index (κ1) is 9.26. The van der Waals surface area contributed by atoms with Crippen molar-refractivity contribution in [1.82, 2.24) is 4.90 Å². The SMILES string of the molecule is C/C=C(\C)C(=O)N1CCC(N)C1. The summed E-state index contributed by atoms with van der Waals surface area (Å²) >= 11 is 0. The van der Waals surface area contributed by atoms with Gasteiger partial charge in [0.2, 0.25) is 5.91 Å². The van der Waals surface area contributed by atoms with Gasteiger partial charge in [-0.1, -0.05) is 6.08 Å². The van der Waals surface area contributed by atoms with Gasteiger partial charge in [0.25, 0.3) is 0 Å². The molecule has 3 heteroatoms. The quantitative estimate of drug-likeness (QED) is 0.580. The molecule has 1 amide bonds. The van der Waals surface area contributed by atoms with Crippen LogP contribution >= 0.6 is 0 Å². The average Bonchev–Trinajstić information content (AvgIpc) is 2.49. The smallest absolute Gasteiger partial charge is 0.249 e. The second kappa shape index (κ2) is 3.72. The first-order chi connectivity index (χ1) is 5.65. The molecule has 68 valence electrons. The van der Waals surface area contributed by atoms with Gasteiger partial charge in [0.15, 0.2) is 0 Å². The predicted octanol–water partition coefficient (Wildman–Crippen LogP) is 0.512. The fourth-order valence-corrected chi connectivity index (χ4v) is 1.34. The van der Waals surface area contributed by atoms with Crippen molar-refractivity contribution in [2.45, 2.75) is 26.3 Å². The highest BCUT2D eigenvalue weighted by Gasteiger charge is 2.23. The Kier molecular flexibility index (Phi) is 2.87. The number of carbonyl (C=O) groups is 1. The van der Waals surface area contributed by atoms with E-state index in [9.17, 15) is 4.79 Å². The number of rotatable bonds is 1. The summed E-state index contributed by atoms with van der Waals surface area (Å²) < 4.78 is 0. The first-order valence-corrected chi connectivity index (χ1v) is 4.33. The molecule has 3 nitrogen and oxygen atoms in total. The third kappa shape index (κ3) is 1.85. The van der Waals surface area contributed by atoms with E-state index < -0.39 is 0 Å². The maximum atomic E-state index is 11.5. The maximum absolute atomic E-state index is 11.5. The van der Waals surface area contributed by atoms with Crippen LogP contribution in [0.2, 0.25) is 0 Å². The summed E-state index contributed by atoms with van der Waals surface area (Å²) in [5.74, 6) is 0.130. The van der Waals surface area contributed by atoms with Crippen molar-refractivity contribution < 1.29 is 4.79 Å². The summed E-state index contributed by atoms with van der Waals surface area (Å²) in [5, 5.41) is 0. The Hall–Kier alpha value is -0.830. The van der Waals surface area contributed by atoms with Crippen molar-refractivity contribution in [2.75, 3.05) is 13.1 Å². The van der Waals surface area contributed by atoms with Gasteiger partial charge in [0.1, 0.15) is 0 Å². The van der Waals surface area contributed by atoms with Crippen molar-refractivity contribution in [1.29, 1.82) is 0 Å². The molecule has 0 radical (unpaired) electrons. The zero-order chi connectivity index (χ0) is 9.14. The number of amides is 1. The fourth-order valence-electron chi connectivity index (χ4n) is 1.34. The van der Waals surface area contributed by atoms with E-state index in [1.807, 2.05) is 24.8 Å². The highest BCUT2D eigenvalue weighted by molar-refractivity contribution is 5.92. The molecule has 0 aromatic heterocycles. The molecule has 1 aliphatic rings. The third-order valence-corrected chi connectivity index (χ3v) is 2.28. The van der Waals surface area contributed by atoms with E-state index in [0.29, 0.717) is 6.54 Å². The largest absolute Gasteiger partial charge is 0.337 e. The first-order valence-electron chi connectivity index (χ1n) is 4.33. The van der Waals surface area contributed by atoms with Crippen molar-refractivity contribution in [3.63, 3.8) is 0 Å². The number of carbonyl (C=O) groups excluding carboxylic acids is 1. The van der Waals surface area contributed by atoms with Gasteiger partial charge in [-0.25, -0.2) is 0 Å². The molecule has 0 aliphatic carbocycles. The predicted molar refractivity (Wildman–Crippen MR) is 48.6 cm³/mol. The van der Waals surface area contributed by atoms with Gasteiger partial charge >= 0.3 is 0 Å². The van der Waals surface area contributed by atoms with Gasteiger partial charge < -0.3 is 10.6 Å². The molecule has 0 bridgehead atoms. The fraction of sp³-hybridized carbons (Fsp3) is 0.667. The standard InChI is InChI=1S/C9H16N2O/c1-3-7(2)9(12)11-5-4-8(10)6-11/h3,8H,4-6,10H2,1-2H3/b7-3+. The van der Waals surface area contributed by atoms with E-state index in [-0.39, 0.29) is 11.9 Å². The van der Waals surface area contributed by atoms with Gasteiger partial charge in [-0.05, 0) is 20.3 Å². The number of nitrogens with two attached hydrogens (primary N) is 1. The summed E-state index contributed by atoms with van der Waals surface area (Å²) in [7, 11) is 0. The van der Waals surface area contributed by atoms with Gasteiger partial charge in [0, 0.05) is 24.7 Å². The maximum Gasteiger partial charge on any atom is 0.249 e. The van der Waals surface area contributed by atoms with E-state index in [1.54, 1.807) is 0 Å². The lowest BCUT2D eigenvalue weighted by atomic mass is 10.2. The molecule has 0 saturated carbocycles. The van der Waals surface area contributed by atoms with E-state index >= 15 is 0 Å². The highest BCUT2D eigenvalue weighted by atomic mass is 16.2. The molecule has 1 rings (SSSR count). The number of hydrogen-bond donors (Lipinski definition) is 1. The number of allylic oxidation sites excluding steroid dienone is 1. The lowest BCUT2D eigenvalue weighted by molar-refractivity contribution is -0.126. The minimum atomic E-state index is 0.130. The Morgan fingerprint density at radius 1 is 1.67 bits per heavy atom. The summed E-state index contributed by atoms with van der Waals surface area (Å²) in [5.41, 5.74) is 6.50. The van der Waals surface area contributed by atoms with Crippen LogP contribution in [0.1, 0.15) is 20.3 Å². The second-order valence-electron chi connectivity index (χ2n) is 3.27. The molecule has 1 saturated heterocycles. The molecule has 0 aromatic carbocycles. The summed E-state index contributed by atoms with van der Waals surface area (Å²) in [6, 6.07) is 0.179. The Balaban J connectivity index is 2.54. The van der Waals surface area contributed by atoms with Crippen LogP contribution in [0.4, 0.5) is 0 Å². The molecule has 0 spiro atoms. The number of nitrogens with zero attached hydrogens (tertiary/aromatic N) is 1. The second-order valence-corrected chi connectivity index (χ2v) is 3.27. The van der Waals surface area contributed by atoms with Gasteiger partial charge in [-0.15, -0.1) is 0 Å². The van der Waals surface area contributed by atoms with E-state index in [0.717, 1.165) is 18.5 Å². The van der Waals surface area contributed by atoms with Crippen LogP contribution in [0.25, 0.3) is 0 Å². The average molecular weight is 168 g/mol. The highest BCUT2D eigenvalue weighted by Crippen LogP contribution is 2.10. The molecule has 12 heavy (non-hydrogen) atoms. The summed E-state index contributed by atoms with van der Waals surface area (Å²) in [4.78, 5) is 13.3.